The number of aromatic nitrogens is 4. The van der Waals surface area contributed by atoms with E-state index in [0.717, 1.165) is 17.9 Å². The van der Waals surface area contributed by atoms with E-state index in [-0.39, 0.29) is 11.7 Å². The van der Waals surface area contributed by atoms with Crippen molar-refractivity contribution in [3.05, 3.63) is 24.5 Å². The Kier molecular flexibility index (Phi) is 5.18. The minimum Gasteiger partial charge on any atom is -0.459 e. The molecule has 0 unspecified atom stereocenters. The zero-order valence-corrected chi connectivity index (χ0v) is 14.1. The fraction of sp³-hybridized carbons (Fsp3) is 0.467. The predicted octanol–water partition coefficient (Wildman–Crippen LogP) is 2.79. The molecule has 2 aromatic rings. The van der Waals surface area contributed by atoms with Crippen molar-refractivity contribution in [2.75, 3.05) is 5.75 Å². The fourth-order valence-corrected chi connectivity index (χ4v) is 2.67. The first-order valence-electron chi connectivity index (χ1n) is 7.09. The van der Waals surface area contributed by atoms with Crippen molar-refractivity contribution < 1.29 is 9.53 Å². The lowest BCUT2D eigenvalue weighted by Gasteiger charge is -2.19. The van der Waals surface area contributed by atoms with Crippen molar-refractivity contribution >= 4 is 17.7 Å². The third kappa shape index (κ3) is 4.30. The summed E-state index contributed by atoms with van der Waals surface area (Å²) in [6.45, 7) is 8.30. The lowest BCUT2D eigenvalue weighted by molar-refractivity contribution is -0.151. The van der Waals surface area contributed by atoms with Crippen molar-refractivity contribution in [1.82, 2.24) is 19.7 Å². The molecule has 0 fully saturated rings. The number of carbonyl (C=O) groups is 1. The highest BCUT2D eigenvalue weighted by molar-refractivity contribution is 7.99. The first-order chi connectivity index (χ1) is 10.4. The number of carbonyl (C=O) groups excluding carboxylic acids is 1. The monoisotopic (exact) mass is 320 g/mol. The summed E-state index contributed by atoms with van der Waals surface area (Å²) in [5.74, 6) is 0.733. The summed E-state index contributed by atoms with van der Waals surface area (Å²) in [5, 5.41) is 9.11. The highest BCUT2D eigenvalue weighted by Gasteiger charge is 2.18. The van der Waals surface area contributed by atoms with Gasteiger partial charge in [-0.1, -0.05) is 11.8 Å². The standard InChI is InChI=1S/C15H20N4O2S/c1-5-19-13(11-6-8-16-9-7-11)17-18-14(19)22-10-12(20)21-15(2,3)4/h6-9H,5,10H2,1-4H3. The van der Waals surface area contributed by atoms with E-state index in [1.54, 1.807) is 12.4 Å². The summed E-state index contributed by atoms with van der Waals surface area (Å²) in [5.41, 5.74) is 0.478. The van der Waals surface area contributed by atoms with Gasteiger partial charge in [0.05, 0.1) is 5.75 Å². The number of rotatable bonds is 5. The second-order valence-electron chi connectivity index (χ2n) is 5.66. The maximum Gasteiger partial charge on any atom is 0.316 e. The van der Waals surface area contributed by atoms with E-state index in [2.05, 4.69) is 15.2 Å². The molecule has 2 rings (SSSR count). The zero-order valence-electron chi connectivity index (χ0n) is 13.2. The van der Waals surface area contributed by atoms with Crippen molar-refractivity contribution in [2.24, 2.45) is 0 Å². The molecule has 6 nitrogen and oxygen atoms in total. The van der Waals surface area contributed by atoms with Crippen LogP contribution in [-0.4, -0.2) is 37.1 Å². The lowest BCUT2D eigenvalue weighted by Crippen LogP contribution is -2.25. The molecular formula is C15H20N4O2S. The quantitative estimate of drug-likeness (QED) is 0.623. The third-order valence-corrected chi connectivity index (χ3v) is 3.65. The average Bonchev–Trinajstić information content (AvgIpc) is 2.87. The molecule has 0 bridgehead atoms. The molecule has 22 heavy (non-hydrogen) atoms. The molecule has 0 aliphatic rings. The van der Waals surface area contributed by atoms with E-state index >= 15 is 0 Å². The van der Waals surface area contributed by atoms with E-state index in [0.29, 0.717) is 5.16 Å². The highest BCUT2D eigenvalue weighted by atomic mass is 32.2. The van der Waals surface area contributed by atoms with Crippen LogP contribution in [0.25, 0.3) is 11.4 Å². The van der Waals surface area contributed by atoms with Crippen molar-refractivity contribution in [1.29, 1.82) is 0 Å². The lowest BCUT2D eigenvalue weighted by atomic mass is 10.2. The van der Waals surface area contributed by atoms with Crippen LogP contribution < -0.4 is 0 Å². The molecule has 0 spiro atoms. The topological polar surface area (TPSA) is 69.9 Å². The Morgan fingerprint density at radius 3 is 2.55 bits per heavy atom. The highest BCUT2D eigenvalue weighted by Crippen LogP contribution is 2.24. The first kappa shape index (κ1) is 16.5. The SMILES string of the molecule is CCn1c(SCC(=O)OC(C)(C)C)nnc1-c1ccncc1. The van der Waals surface area contributed by atoms with Crippen LogP contribution in [-0.2, 0) is 16.1 Å². The molecule has 0 aliphatic heterocycles. The first-order valence-corrected chi connectivity index (χ1v) is 8.07. The summed E-state index contributed by atoms with van der Waals surface area (Å²) < 4.78 is 7.28. The maximum absolute atomic E-state index is 11.8. The Labute approximate surface area is 134 Å². The normalized spacial score (nSPS) is 11.5. The van der Waals surface area contributed by atoms with E-state index in [1.807, 2.05) is 44.4 Å². The molecule has 2 aromatic heterocycles. The summed E-state index contributed by atoms with van der Waals surface area (Å²) >= 11 is 1.34. The molecule has 0 aliphatic carbocycles. The van der Waals surface area contributed by atoms with E-state index < -0.39 is 5.60 Å². The van der Waals surface area contributed by atoms with Gasteiger partial charge in [0.25, 0.3) is 0 Å². The molecular weight excluding hydrogens is 300 g/mol. The smallest absolute Gasteiger partial charge is 0.316 e. The fourth-order valence-electron chi connectivity index (χ4n) is 1.89. The van der Waals surface area contributed by atoms with Crippen molar-refractivity contribution in [3.63, 3.8) is 0 Å². The molecule has 118 valence electrons. The van der Waals surface area contributed by atoms with Crippen LogP contribution >= 0.6 is 11.8 Å². The minimum absolute atomic E-state index is 0.214. The summed E-state index contributed by atoms with van der Waals surface area (Å²) in [7, 11) is 0. The molecule has 0 N–H and O–H groups in total. The molecule has 2 heterocycles. The van der Waals surface area contributed by atoms with E-state index in [1.165, 1.54) is 11.8 Å². The summed E-state index contributed by atoms with van der Waals surface area (Å²) in [4.78, 5) is 15.8. The Morgan fingerprint density at radius 2 is 1.95 bits per heavy atom. The second-order valence-corrected chi connectivity index (χ2v) is 6.60. The Bertz CT molecular complexity index is 635. The van der Waals surface area contributed by atoms with Crippen molar-refractivity contribution in [3.8, 4) is 11.4 Å². The van der Waals surface area contributed by atoms with E-state index in [9.17, 15) is 4.79 Å². The number of esters is 1. The van der Waals surface area contributed by atoms with Crippen LogP contribution in [0.1, 0.15) is 27.7 Å². The van der Waals surface area contributed by atoms with Gasteiger partial charge < -0.3 is 9.30 Å². The molecule has 0 atom stereocenters. The van der Waals surface area contributed by atoms with Gasteiger partial charge in [0.15, 0.2) is 11.0 Å². The van der Waals surface area contributed by atoms with Crippen LogP contribution in [0.15, 0.2) is 29.7 Å². The minimum atomic E-state index is -0.474. The van der Waals surface area contributed by atoms with Crippen LogP contribution in [0.2, 0.25) is 0 Å². The second kappa shape index (κ2) is 6.91. The number of nitrogens with zero attached hydrogens (tertiary/aromatic N) is 4. The van der Waals surface area contributed by atoms with Gasteiger partial charge in [-0.2, -0.15) is 0 Å². The van der Waals surface area contributed by atoms with Crippen LogP contribution in [0.5, 0.6) is 0 Å². The van der Waals surface area contributed by atoms with Crippen LogP contribution in [0, 0.1) is 0 Å². The maximum atomic E-state index is 11.8. The van der Waals surface area contributed by atoms with Gasteiger partial charge in [-0.3, -0.25) is 9.78 Å². The summed E-state index contributed by atoms with van der Waals surface area (Å²) in [6, 6.07) is 3.77. The molecule has 0 aromatic carbocycles. The number of thioether (sulfide) groups is 1. The van der Waals surface area contributed by atoms with Gasteiger partial charge in [-0.05, 0) is 39.8 Å². The van der Waals surface area contributed by atoms with Crippen LogP contribution in [0.3, 0.4) is 0 Å². The Hall–Kier alpha value is -1.89. The number of pyridine rings is 1. The molecule has 0 radical (unpaired) electrons. The van der Waals surface area contributed by atoms with Gasteiger partial charge >= 0.3 is 5.97 Å². The van der Waals surface area contributed by atoms with Crippen LogP contribution in [0.4, 0.5) is 0 Å². The Balaban J connectivity index is 2.10. The Morgan fingerprint density at radius 1 is 1.27 bits per heavy atom. The van der Waals surface area contributed by atoms with Gasteiger partial charge in [0, 0.05) is 24.5 Å². The van der Waals surface area contributed by atoms with Gasteiger partial charge in [-0.15, -0.1) is 10.2 Å². The largest absolute Gasteiger partial charge is 0.459 e. The van der Waals surface area contributed by atoms with E-state index in [4.69, 9.17) is 4.74 Å². The number of ether oxygens (including phenoxy) is 1. The molecule has 7 heteroatoms. The molecule has 0 saturated carbocycles. The van der Waals surface area contributed by atoms with Gasteiger partial charge in [0.2, 0.25) is 0 Å². The van der Waals surface area contributed by atoms with Gasteiger partial charge in [0.1, 0.15) is 5.60 Å². The molecule has 0 saturated heterocycles. The predicted molar refractivity (Wildman–Crippen MR) is 85.5 cm³/mol. The number of hydrogen-bond donors (Lipinski definition) is 0. The molecule has 0 amide bonds. The third-order valence-electron chi connectivity index (χ3n) is 2.71. The average molecular weight is 320 g/mol. The zero-order chi connectivity index (χ0) is 16.2. The summed E-state index contributed by atoms with van der Waals surface area (Å²) in [6.07, 6.45) is 3.44. The number of hydrogen-bond acceptors (Lipinski definition) is 6. The van der Waals surface area contributed by atoms with Crippen molar-refractivity contribution in [2.45, 2.75) is 45.0 Å². The van der Waals surface area contributed by atoms with Gasteiger partial charge in [-0.25, -0.2) is 0 Å².